The number of hydrogen-bond acceptors (Lipinski definition) is 3. The zero-order valence-corrected chi connectivity index (χ0v) is 14.5. The van der Waals surface area contributed by atoms with Gasteiger partial charge in [0.25, 0.3) is 5.91 Å². The fourth-order valence-electron chi connectivity index (χ4n) is 2.97. The molecule has 26 heavy (non-hydrogen) atoms. The zero-order chi connectivity index (χ0) is 17.9. The molecule has 0 fully saturated rings. The standard InChI is InChI=1S/C20H19N5O/c1-15-18(13-22-25(15)17-7-3-2-4-8-17)20(26)21-11-10-16-14-24-12-6-5-9-19(24)23-16/h2-9,12-14H,10-11H2,1H3,(H,21,26). The molecule has 0 radical (unpaired) electrons. The third-order valence-corrected chi connectivity index (χ3v) is 4.34. The molecule has 130 valence electrons. The predicted molar refractivity (Wildman–Crippen MR) is 99.5 cm³/mol. The first kappa shape index (κ1) is 16.1. The maximum Gasteiger partial charge on any atom is 0.254 e. The van der Waals surface area contributed by atoms with Crippen LogP contribution in [0.1, 0.15) is 21.7 Å². The van der Waals surface area contributed by atoms with Crippen molar-refractivity contribution in [2.75, 3.05) is 6.54 Å². The van der Waals surface area contributed by atoms with Crippen molar-refractivity contribution < 1.29 is 4.79 Å². The van der Waals surface area contributed by atoms with Gasteiger partial charge in [-0.15, -0.1) is 0 Å². The minimum atomic E-state index is -0.117. The maximum atomic E-state index is 12.5. The Balaban J connectivity index is 1.41. The van der Waals surface area contributed by atoms with E-state index in [1.165, 1.54) is 0 Å². The molecule has 0 aliphatic heterocycles. The van der Waals surface area contributed by atoms with Crippen molar-refractivity contribution in [3.05, 3.63) is 84.1 Å². The van der Waals surface area contributed by atoms with E-state index in [-0.39, 0.29) is 5.91 Å². The van der Waals surface area contributed by atoms with Crippen molar-refractivity contribution in [2.45, 2.75) is 13.3 Å². The zero-order valence-electron chi connectivity index (χ0n) is 14.5. The van der Waals surface area contributed by atoms with E-state index in [9.17, 15) is 4.79 Å². The Labute approximate surface area is 151 Å². The summed E-state index contributed by atoms with van der Waals surface area (Å²) in [4.78, 5) is 17.0. The number of imidazole rings is 1. The number of hydrogen-bond donors (Lipinski definition) is 1. The molecule has 0 aliphatic rings. The Morgan fingerprint density at radius 1 is 1.12 bits per heavy atom. The topological polar surface area (TPSA) is 64.2 Å². The molecule has 3 heterocycles. The van der Waals surface area contributed by atoms with Crippen LogP contribution in [0.2, 0.25) is 0 Å². The molecule has 1 amide bonds. The molecule has 0 atom stereocenters. The molecule has 0 unspecified atom stereocenters. The van der Waals surface area contributed by atoms with Crippen molar-refractivity contribution in [3.63, 3.8) is 0 Å². The number of carbonyl (C=O) groups excluding carboxylic acids is 1. The van der Waals surface area contributed by atoms with Crippen molar-refractivity contribution in [2.24, 2.45) is 0 Å². The normalized spacial score (nSPS) is 11.0. The summed E-state index contributed by atoms with van der Waals surface area (Å²) in [5, 5.41) is 7.30. The second-order valence-corrected chi connectivity index (χ2v) is 6.10. The number of aromatic nitrogens is 4. The van der Waals surface area contributed by atoms with Crippen LogP contribution in [0.5, 0.6) is 0 Å². The highest BCUT2D eigenvalue weighted by Gasteiger charge is 2.14. The molecule has 4 aromatic rings. The van der Waals surface area contributed by atoms with Crippen LogP contribution in [0.25, 0.3) is 11.3 Å². The van der Waals surface area contributed by atoms with E-state index in [1.807, 2.05) is 72.2 Å². The van der Waals surface area contributed by atoms with Crippen LogP contribution in [-0.4, -0.2) is 31.6 Å². The number of carbonyl (C=O) groups is 1. The van der Waals surface area contributed by atoms with Crippen molar-refractivity contribution in [1.82, 2.24) is 24.5 Å². The number of benzene rings is 1. The molecule has 0 spiro atoms. The van der Waals surface area contributed by atoms with Crippen molar-refractivity contribution in [1.29, 1.82) is 0 Å². The quantitative estimate of drug-likeness (QED) is 0.605. The second kappa shape index (κ2) is 6.84. The van der Waals surface area contributed by atoms with Gasteiger partial charge in [-0.3, -0.25) is 4.79 Å². The second-order valence-electron chi connectivity index (χ2n) is 6.10. The molecule has 0 bridgehead atoms. The summed E-state index contributed by atoms with van der Waals surface area (Å²) in [6, 6.07) is 15.7. The Bertz CT molecular complexity index is 1020. The molecule has 0 saturated carbocycles. The van der Waals surface area contributed by atoms with Crippen LogP contribution in [0.4, 0.5) is 0 Å². The number of fused-ring (bicyclic) bond motifs is 1. The average molecular weight is 345 g/mol. The van der Waals surface area contributed by atoms with Crippen LogP contribution in [-0.2, 0) is 6.42 Å². The van der Waals surface area contributed by atoms with E-state index in [1.54, 1.807) is 10.9 Å². The van der Waals surface area contributed by atoms with Gasteiger partial charge in [-0.2, -0.15) is 5.10 Å². The summed E-state index contributed by atoms with van der Waals surface area (Å²) in [6.07, 6.45) is 6.24. The third-order valence-electron chi connectivity index (χ3n) is 4.34. The van der Waals surface area contributed by atoms with Gasteiger partial charge in [-0.25, -0.2) is 9.67 Å². The summed E-state index contributed by atoms with van der Waals surface area (Å²) in [5.74, 6) is -0.117. The molecule has 0 aliphatic carbocycles. The number of para-hydroxylation sites is 1. The van der Waals surface area contributed by atoms with Crippen LogP contribution in [0.3, 0.4) is 0 Å². The Morgan fingerprint density at radius 2 is 1.92 bits per heavy atom. The van der Waals surface area contributed by atoms with E-state index in [0.29, 0.717) is 18.5 Å². The van der Waals surface area contributed by atoms with Gasteiger partial charge in [-0.1, -0.05) is 24.3 Å². The fraction of sp³-hybridized carbons (Fsp3) is 0.150. The average Bonchev–Trinajstić information content (AvgIpc) is 3.25. The number of nitrogens with zero attached hydrogens (tertiary/aromatic N) is 4. The summed E-state index contributed by atoms with van der Waals surface area (Å²) in [5.41, 5.74) is 4.21. The largest absolute Gasteiger partial charge is 0.352 e. The van der Waals surface area contributed by atoms with Gasteiger partial charge >= 0.3 is 0 Å². The fourth-order valence-corrected chi connectivity index (χ4v) is 2.97. The first-order chi connectivity index (χ1) is 12.7. The number of amides is 1. The summed E-state index contributed by atoms with van der Waals surface area (Å²) >= 11 is 0. The van der Waals surface area contributed by atoms with E-state index in [4.69, 9.17) is 0 Å². The first-order valence-electron chi connectivity index (χ1n) is 8.53. The smallest absolute Gasteiger partial charge is 0.254 e. The van der Waals surface area contributed by atoms with Gasteiger partial charge in [0, 0.05) is 25.4 Å². The number of rotatable bonds is 5. The van der Waals surface area contributed by atoms with E-state index >= 15 is 0 Å². The maximum absolute atomic E-state index is 12.5. The van der Waals surface area contributed by atoms with E-state index in [2.05, 4.69) is 15.4 Å². The van der Waals surface area contributed by atoms with Crippen molar-refractivity contribution >= 4 is 11.6 Å². The summed E-state index contributed by atoms with van der Waals surface area (Å²) in [6.45, 7) is 2.43. The van der Waals surface area contributed by atoms with E-state index < -0.39 is 0 Å². The molecule has 4 rings (SSSR count). The summed E-state index contributed by atoms with van der Waals surface area (Å²) < 4.78 is 3.75. The molecule has 1 N–H and O–H groups in total. The molecule has 6 nitrogen and oxygen atoms in total. The predicted octanol–water partition coefficient (Wildman–Crippen LogP) is 2.80. The number of nitrogens with one attached hydrogen (secondary N) is 1. The van der Waals surface area contributed by atoms with Gasteiger partial charge < -0.3 is 9.72 Å². The molecular formula is C20H19N5O. The molecule has 6 heteroatoms. The van der Waals surface area contributed by atoms with Crippen LogP contribution < -0.4 is 5.32 Å². The van der Waals surface area contributed by atoms with Gasteiger partial charge in [0.2, 0.25) is 0 Å². The first-order valence-corrected chi connectivity index (χ1v) is 8.53. The third kappa shape index (κ3) is 3.09. The van der Waals surface area contributed by atoms with Gasteiger partial charge in [0.15, 0.2) is 0 Å². The van der Waals surface area contributed by atoms with Crippen LogP contribution >= 0.6 is 0 Å². The molecule has 3 aromatic heterocycles. The Kier molecular flexibility index (Phi) is 4.23. The lowest BCUT2D eigenvalue weighted by atomic mass is 10.2. The highest BCUT2D eigenvalue weighted by molar-refractivity contribution is 5.95. The van der Waals surface area contributed by atoms with Crippen LogP contribution in [0, 0.1) is 6.92 Å². The lowest BCUT2D eigenvalue weighted by Gasteiger charge is -2.06. The summed E-state index contributed by atoms with van der Waals surface area (Å²) in [7, 11) is 0. The van der Waals surface area contributed by atoms with Gasteiger partial charge in [0.1, 0.15) is 5.65 Å². The monoisotopic (exact) mass is 345 g/mol. The number of pyridine rings is 1. The lowest BCUT2D eigenvalue weighted by Crippen LogP contribution is -2.26. The van der Waals surface area contributed by atoms with E-state index in [0.717, 1.165) is 22.7 Å². The van der Waals surface area contributed by atoms with Gasteiger partial charge in [-0.05, 0) is 31.2 Å². The Morgan fingerprint density at radius 3 is 2.73 bits per heavy atom. The highest BCUT2D eigenvalue weighted by atomic mass is 16.1. The highest BCUT2D eigenvalue weighted by Crippen LogP contribution is 2.13. The minimum Gasteiger partial charge on any atom is -0.352 e. The molecular weight excluding hydrogens is 326 g/mol. The SMILES string of the molecule is Cc1c(C(=O)NCCc2cn3ccccc3n2)cnn1-c1ccccc1. The molecule has 0 saturated heterocycles. The van der Waals surface area contributed by atoms with Crippen LogP contribution in [0.15, 0.2) is 67.1 Å². The molecule has 1 aromatic carbocycles. The van der Waals surface area contributed by atoms with Crippen molar-refractivity contribution in [3.8, 4) is 5.69 Å². The Hall–Kier alpha value is -3.41. The van der Waals surface area contributed by atoms with Gasteiger partial charge in [0.05, 0.1) is 28.8 Å². The lowest BCUT2D eigenvalue weighted by molar-refractivity contribution is 0.0953. The minimum absolute atomic E-state index is 0.117.